The van der Waals surface area contributed by atoms with Gasteiger partial charge in [0.2, 0.25) is 5.91 Å². The largest absolute Gasteiger partial charge is 0.380 e. The Morgan fingerprint density at radius 1 is 1.41 bits per heavy atom. The minimum Gasteiger partial charge on any atom is -0.380 e. The summed E-state index contributed by atoms with van der Waals surface area (Å²) in [6.07, 6.45) is 0. The fraction of sp³-hybridized carbons (Fsp3) is 0.462. The molecule has 0 saturated carbocycles. The van der Waals surface area contributed by atoms with Gasteiger partial charge in [-0.15, -0.1) is 0 Å². The van der Waals surface area contributed by atoms with Crippen molar-refractivity contribution < 1.29 is 9.53 Å². The van der Waals surface area contributed by atoms with Crippen LogP contribution in [-0.4, -0.2) is 26.1 Å². The minimum absolute atomic E-state index is 0.00181. The maximum absolute atomic E-state index is 11.3. The van der Waals surface area contributed by atoms with Crippen LogP contribution in [-0.2, 0) is 22.7 Å². The molecule has 2 N–H and O–H groups in total. The lowest BCUT2D eigenvalue weighted by molar-refractivity contribution is -0.122. The number of amides is 1. The van der Waals surface area contributed by atoms with Crippen LogP contribution in [0.5, 0.6) is 0 Å². The lowest BCUT2D eigenvalue weighted by Gasteiger charge is -2.12. The van der Waals surface area contributed by atoms with Gasteiger partial charge in [0.25, 0.3) is 0 Å². The van der Waals surface area contributed by atoms with Crippen molar-refractivity contribution in [3.63, 3.8) is 0 Å². The third-order valence-electron chi connectivity index (χ3n) is 2.55. The predicted octanol–water partition coefficient (Wildman–Crippen LogP) is 1.06. The number of likely N-dealkylation sites (N-methyl/N-ethyl adjacent to an activating group) is 1. The van der Waals surface area contributed by atoms with Crippen molar-refractivity contribution in [1.29, 1.82) is 0 Å². The summed E-state index contributed by atoms with van der Waals surface area (Å²) in [5, 5.41) is 5.78. The molecular weight excluding hydrogens is 216 g/mol. The van der Waals surface area contributed by atoms with Crippen LogP contribution in [0.3, 0.4) is 0 Å². The Labute approximate surface area is 102 Å². The fourth-order valence-electron chi connectivity index (χ4n) is 1.58. The number of carbonyl (C=O) groups excluding carboxylic acids is 1. The summed E-state index contributed by atoms with van der Waals surface area (Å²) in [6.45, 7) is 3.13. The zero-order chi connectivity index (χ0) is 12.7. The van der Waals surface area contributed by atoms with E-state index in [1.54, 1.807) is 14.2 Å². The number of rotatable bonds is 6. The number of carbonyl (C=O) groups is 1. The van der Waals surface area contributed by atoms with Crippen molar-refractivity contribution >= 4 is 5.91 Å². The molecule has 1 atom stereocenters. The Bertz CT molecular complexity index is 366. The van der Waals surface area contributed by atoms with Gasteiger partial charge in [-0.05, 0) is 18.1 Å². The molecule has 1 amide bonds. The number of hydrogen-bond acceptors (Lipinski definition) is 3. The highest BCUT2D eigenvalue weighted by molar-refractivity contribution is 5.80. The molecule has 4 heteroatoms. The van der Waals surface area contributed by atoms with E-state index in [2.05, 4.69) is 16.7 Å². The zero-order valence-corrected chi connectivity index (χ0v) is 10.6. The van der Waals surface area contributed by atoms with E-state index in [1.807, 2.05) is 25.1 Å². The van der Waals surface area contributed by atoms with Gasteiger partial charge < -0.3 is 15.4 Å². The predicted molar refractivity (Wildman–Crippen MR) is 67.5 cm³/mol. The van der Waals surface area contributed by atoms with Crippen molar-refractivity contribution in [1.82, 2.24) is 10.6 Å². The normalized spacial score (nSPS) is 12.2. The summed E-state index contributed by atoms with van der Waals surface area (Å²) in [6, 6.07) is 7.94. The monoisotopic (exact) mass is 236 g/mol. The maximum Gasteiger partial charge on any atom is 0.236 e. The number of benzene rings is 1. The first-order valence-electron chi connectivity index (χ1n) is 5.69. The summed E-state index contributed by atoms with van der Waals surface area (Å²) in [7, 11) is 3.32. The average molecular weight is 236 g/mol. The smallest absolute Gasteiger partial charge is 0.236 e. The van der Waals surface area contributed by atoms with E-state index in [1.165, 1.54) is 0 Å². The Morgan fingerprint density at radius 2 is 2.12 bits per heavy atom. The van der Waals surface area contributed by atoms with Crippen molar-refractivity contribution in [2.75, 3.05) is 14.2 Å². The van der Waals surface area contributed by atoms with E-state index in [4.69, 9.17) is 4.74 Å². The minimum atomic E-state index is -0.189. The van der Waals surface area contributed by atoms with Gasteiger partial charge in [0.15, 0.2) is 0 Å². The molecule has 0 aliphatic carbocycles. The van der Waals surface area contributed by atoms with Crippen molar-refractivity contribution in [3.8, 4) is 0 Å². The zero-order valence-electron chi connectivity index (χ0n) is 10.6. The van der Waals surface area contributed by atoms with Crippen molar-refractivity contribution in [3.05, 3.63) is 35.4 Å². The van der Waals surface area contributed by atoms with Gasteiger partial charge in [-0.1, -0.05) is 24.3 Å². The highest BCUT2D eigenvalue weighted by Gasteiger charge is 2.09. The molecule has 0 spiro atoms. The highest BCUT2D eigenvalue weighted by atomic mass is 16.5. The Kier molecular flexibility index (Phi) is 5.66. The SMILES string of the molecule is CNC(=O)C(C)NCc1cccc(COC)c1. The molecule has 0 saturated heterocycles. The Morgan fingerprint density at radius 3 is 2.76 bits per heavy atom. The topological polar surface area (TPSA) is 50.4 Å². The summed E-state index contributed by atoms with van der Waals surface area (Å²) in [5.74, 6) is -0.00181. The number of ether oxygens (including phenoxy) is 1. The van der Waals surface area contributed by atoms with Crippen LogP contribution in [0.15, 0.2) is 24.3 Å². The van der Waals surface area contributed by atoms with Gasteiger partial charge in [-0.25, -0.2) is 0 Å². The number of nitrogens with one attached hydrogen (secondary N) is 2. The number of methoxy groups -OCH3 is 1. The van der Waals surface area contributed by atoms with E-state index in [-0.39, 0.29) is 11.9 Å². The van der Waals surface area contributed by atoms with Crippen molar-refractivity contribution in [2.45, 2.75) is 26.1 Å². The molecule has 1 rings (SSSR count). The molecule has 17 heavy (non-hydrogen) atoms. The molecule has 0 aliphatic heterocycles. The van der Waals surface area contributed by atoms with Crippen LogP contribution in [0, 0.1) is 0 Å². The lowest BCUT2D eigenvalue weighted by atomic mass is 10.1. The van der Waals surface area contributed by atoms with Crippen LogP contribution >= 0.6 is 0 Å². The van der Waals surface area contributed by atoms with Crippen LogP contribution in [0.1, 0.15) is 18.1 Å². The Hall–Kier alpha value is -1.39. The van der Waals surface area contributed by atoms with E-state index >= 15 is 0 Å². The molecule has 0 fully saturated rings. The van der Waals surface area contributed by atoms with Crippen LogP contribution in [0.2, 0.25) is 0 Å². The summed E-state index contributed by atoms with van der Waals surface area (Å²) >= 11 is 0. The van der Waals surface area contributed by atoms with E-state index in [9.17, 15) is 4.79 Å². The molecule has 1 aromatic rings. The van der Waals surface area contributed by atoms with Crippen LogP contribution in [0.25, 0.3) is 0 Å². The van der Waals surface area contributed by atoms with Gasteiger partial charge in [0.1, 0.15) is 0 Å². The Balaban J connectivity index is 2.51. The first kappa shape index (κ1) is 13.7. The third kappa shape index (κ3) is 4.54. The summed E-state index contributed by atoms with van der Waals surface area (Å²) < 4.78 is 5.08. The molecule has 0 heterocycles. The summed E-state index contributed by atoms with van der Waals surface area (Å²) in [5.41, 5.74) is 2.29. The van der Waals surface area contributed by atoms with Gasteiger partial charge >= 0.3 is 0 Å². The molecular formula is C13H20N2O2. The van der Waals surface area contributed by atoms with Crippen LogP contribution < -0.4 is 10.6 Å². The lowest BCUT2D eigenvalue weighted by Crippen LogP contribution is -2.40. The van der Waals surface area contributed by atoms with E-state index in [0.717, 1.165) is 11.1 Å². The van der Waals surface area contributed by atoms with Crippen LogP contribution in [0.4, 0.5) is 0 Å². The van der Waals surface area contributed by atoms with Gasteiger partial charge in [-0.3, -0.25) is 4.79 Å². The first-order valence-corrected chi connectivity index (χ1v) is 5.69. The maximum atomic E-state index is 11.3. The molecule has 4 nitrogen and oxygen atoms in total. The quantitative estimate of drug-likeness (QED) is 0.776. The van der Waals surface area contributed by atoms with E-state index in [0.29, 0.717) is 13.2 Å². The molecule has 0 aliphatic rings. The number of hydrogen-bond donors (Lipinski definition) is 2. The van der Waals surface area contributed by atoms with Gasteiger partial charge in [0.05, 0.1) is 12.6 Å². The molecule has 1 aromatic carbocycles. The molecule has 0 bridgehead atoms. The fourth-order valence-corrected chi connectivity index (χ4v) is 1.58. The van der Waals surface area contributed by atoms with E-state index < -0.39 is 0 Å². The second-order valence-corrected chi connectivity index (χ2v) is 3.97. The molecule has 94 valence electrons. The molecule has 1 unspecified atom stereocenters. The van der Waals surface area contributed by atoms with Gasteiger partial charge in [0, 0.05) is 20.7 Å². The second-order valence-electron chi connectivity index (χ2n) is 3.97. The first-order chi connectivity index (χ1) is 8.17. The van der Waals surface area contributed by atoms with Gasteiger partial charge in [-0.2, -0.15) is 0 Å². The molecule has 0 radical (unpaired) electrons. The molecule has 0 aromatic heterocycles. The standard InChI is InChI=1S/C13H20N2O2/c1-10(13(16)14-2)15-8-11-5-4-6-12(7-11)9-17-3/h4-7,10,15H,8-9H2,1-3H3,(H,14,16). The second kappa shape index (κ2) is 7.04. The third-order valence-corrected chi connectivity index (χ3v) is 2.55. The summed E-state index contributed by atoms with van der Waals surface area (Å²) in [4.78, 5) is 11.3. The highest BCUT2D eigenvalue weighted by Crippen LogP contribution is 2.06. The average Bonchev–Trinajstić information content (AvgIpc) is 2.36. The van der Waals surface area contributed by atoms with Crippen molar-refractivity contribution in [2.24, 2.45) is 0 Å².